The zero-order valence-electron chi connectivity index (χ0n) is 14.6. The third-order valence-electron chi connectivity index (χ3n) is 5.30. The summed E-state index contributed by atoms with van der Waals surface area (Å²) in [5.74, 6) is 0.221. The largest absolute Gasteiger partial charge is 0.391 e. The van der Waals surface area contributed by atoms with Gasteiger partial charge in [0.25, 0.3) is 5.69 Å². The lowest BCUT2D eigenvalue weighted by Gasteiger charge is -2.21. The zero-order chi connectivity index (χ0) is 18.7. The Hall–Kier alpha value is -1.71. The fourth-order valence-electron chi connectivity index (χ4n) is 3.77. The summed E-state index contributed by atoms with van der Waals surface area (Å²) in [6.45, 7) is 1.08. The molecule has 1 saturated heterocycles. The highest BCUT2D eigenvalue weighted by molar-refractivity contribution is 7.89. The molecule has 144 valence electrons. The van der Waals surface area contributed by atoms with Gasteiger partial charge in [-0.3, -0.25) is 10.1 Å². The molecule has 26 heavy (non-hydrogen) atoms. The number of sulfonamides is 1. The number of nitrogens with zero attached hydrogens (tertiary/aromatic N) is 2. The Morgan fingerprint density at radius 1 is 1.23 bits per heavy atom. The molecule has 8 nitrogen and oxygen atoms in total. The Bertz CT molecular complexity index is 756. The van der Waals surface area contributed by atoms with Crippen molar-refractivity contribution in [1.82, 2.24) is 4.31 Å². The van der Waals surface area contributed by atoms with Gasteiger partial charge in [-0.15, -0.1) is 0 Å². The summed E-state index contributed by atoms with van der Waals surface area (Å²) in [7, 11) is -3.81. The molecule has 2 N–H and O–H groups in total. The summed E-state index contributed by atoms with van der Waals surface area (Å²) in [5.41, 5.74) is 0.0456. The van der Waals surface area contributed by atoms with Crippen molar-refractivity contribution in [3.63, 3.8) is 0 Å². The molecule has 1 aliphatic heterocycles. The van der Waals surface area contributed by atoms with Crippen LogP contribution in [0.25, 0.3) is 0 Å². The summed E-state index contributed by atoms with van der Waals surface area (Å²) in [6.07, 6.45) is 5.18. The molecule has 1 aliphatic carbocycles. The lowest BCUT2D eigenvalue weighted by atomic mass is 10.0. The molecule has 0 spiro atoms. The van der Waals surface area contributed by atoms with Crippen molar-refractivity contribution in [2.75, 3.05) is 25.0 Å². The number of non-ortho nitro benzene ring substituents is 1. The second kappa shape index (κ2) is 7.89. The Labute approximate surface area is 153 Å². The number of hydrogen-bond acceptors (Lipinski definition) is 6. The first kappa shape index (κ1) is 19.1. The van der Waals surface area contributed by atoms with Crippen LogP contribution >= 0.6 is 0 Å². The predicted octanol–water partition coefficient (Wildman–Crippen LogP) is 2.34. The van der Waals surface area contributed by atoms with Crippen molar-refractivity contribution in [1.29, 1.82) is 0 Å². The van der Waals surface area contributed by atoms with Gasteiger partial charge in [0.05, 0.1) is 16.7 Å². The SMILES string of the molecule is O=[N+]([O-])c1ccc(NCC(O)C2CCCC2)c(S(=O)(=O)N2CCCC2)c1. The summed E-state index contributed by atoms with van der Waals surface area (Å²) >= 11 is 0. The van der Waals surface area contributed by atoms with Gasteiger partial charge < -0.3 is 10.4 Å². The summed E-state index contributed by atoms with van der Waals surface area (Å²) in [4.78, 5) is 10.4. The van der Waals surface area contributed by atoms with Crippen LogP contribution in [0.5, 0.6) is 0 Å². The number of aliphatic hydroxyl groups excluding tert-OH is 1. The van der Waals surface area contributed by atoms with Crippen molar-refractivity contribution in [2.45, 2.75) is 49.5 Å². The van der Waals surface area contributed by atoms with Crippen molar-refractivity contribution in [2.24, 2.45) is 5.92 Å². The first-order valence-corrected chi connectivity index (χ1v) is 10.5. The van der Waals surface area contributed by atoms with Gasteiger partial charge in [0.1, 0.15) is 4.90 Å². The maximum Gasteiger partial charge on any atom is 0.270 e. The van der Waals surface area contributed by atoms with Crippen LogP contribution in [0.2, 0.25) is 0 Å². The third-order valence-corrected chi connectivity index (χ3v) is 7.24. The number of hydrogen-bond donors (Lipinski definition) is 2. The minimum Gasteiger partial charge on any atom is -0.391 e. The van der Waals surface area contributed by atoms with Gasteiger partial charge in [0.2, 0.25) is 10.0 Å². The quantitative estimate of drug-likeness (QED) is 0.552. The molecule has 3 rings (SSSR count). The monoisotopic (exact) mass is 383 g/mol. The Kier molecular flexibility index (Phi) is 5.79. The molecule has 0 radical (unpaired) electrons. The molecule has 0 bridgehead atoms. The molecule has 1 atom stereocenters. The summed E-state index contributed by atoms with van der Waals surface area (Å²) in [6, 6.07) is 3.81. The molecular weight excluding hydrogens is 358 g/mol. The maximum atomic E-state index is 12.9. The van der Waals surface area contributed by atoms with Gasteiger partial charge >= 0.3 is 0 Å². The fourth-order valence-corrected chi connectivity index (χ4v) is 5.48. The number of aliphatic hydroxyl groups is 1. The van der Waals surface area contributed by atoms with Gasteiger partial charge in [0.15, 0.2) is 0 Å². The fraction of sp³-hybridized carbons (Fsp3) is 0.647. The van der Waals surface area contributed by atoms with E-state index in [1.807, 2.05) is 0 Å². The van der Waals surface area contributed by atoms with Crippen LogP contribution in [0.15, 0.2) is 23.1 Å². The van der Waals surface area contributed by atoms with E-state index in [4.69, 9.17) is 0 Å². The van der Waals surface area contributed by atoms with Crippen molar-refractivity contribution < 1.29 is 18.4 Å². The average Bonchev–Trinajstić information content (AvgIpc) is 3.32. The average molecular weight is 383 g/mol. The Balaban J connectivity index is 1.85. The maximum absolute atomic E-state index is 12.9. The molecule has 1 aromatic carbocycles. The Morgan fingerprint density at radius 2 is 1.88 bits per heavy atom. The molecule has 1 aromatic rings. The van der Waals surface area contributed by atoms with Crippen molar-refractivity contribution in [3.05, 3.63) is 28.3 Å². The van der Waals surface area contributed by atoms with Gasteiger partial charge in [-0.1, -0.05) is 12.8 Å². The van der Waals surface area contributed by atoms with Crippen LogP contribution in [0.4, 0.5) is 11.4 Å². The minimum atomic E-state index is -3.81. The van der Waals surface area contributed by atoms with E-state index in [2.05, 4.69) is 5.32 Å². The van der Waals surface area contributed by atoms with Gasteiger partial charge in [-0.25, -0.2) is 8.42 Å². The standard InChI is InChI=1S/C17H25N3O5S/c21-16(13-5-1-2-6-13)12-18-15-8-7-14(20(22)23)11-17(15)26(24,25)19-9-3-4-10-19/h7-8,11,13,16,18,21H,1-6,9-10,12H2. The number of nitro groups is 1. The van der Waals surface area contributed by atoms with Crippen LogP contribution in [-0.4, -0.2) is 48.5 Å². The van der Waals surface area contributed by atoms with E-state index in [1.165, 1.54) is 16.4 Å². The van der Waals surface area contributed by atoms with Gasteiger partial charge in [-0.2, -0.15) is 4.31 Å². The first-order valence-electron chi connectivity index (χ1n) is 9.10. The summed E-state index contributed by atoms with van der Waals surface area (Å²) < 4.78 is 27.2. The molecule has 2 aliphatic rings. The number of benzene rings is 1. The van der Waals surface area contributed by atoms with Crippen LogP contribution in [-0.2, 0) is 10.0 Å². The predicted molar refractivity (Wildman–Crippen MR) is 97.5 cm³/mol. The molecule has 1 saturated carbocycles. The molecule has 1 unspecified atom stereocenters. The van der Waals surface area contributed by atoms with E-state index in [0.717, 1.165) is 44.6 Å². The molecule has 9 heteroatoms. The number of nitro benzene ring substituents is 1. The smallest absolute Gasteiger partial charge is 0.270 e. The highest BCUT2D eigenvalue weighted by Gasteiger charge is 2.31. The van der Waals surface area contributed by atoms with E-state index in [1.54, 1.807) is 0 Å². The van der Waals surface area contributed by atoms with Crippen LogP contribution in [0, 0.1) is 16.0 Å². The second-order valence-corrected chi connectivity index (χ2v) is 8.95. The first-order chi connectivity index (χ1) is 12.4. The van der Waals surface area contributed by atoms with E-state index < -0.39 is 21.1 Å². The number of rotatable bonds is 7. The second-order valence-electron chi connectivity index (χ2n) is 7.04. The normalized spacial score (nSPS) is 20.3. The van der Waals surface area contributed by atoms with Crippen molar-refractivity contribution >= 4 is 21.4 Å². The van der Waals surface area contributed by atoms with E-state index in [9.17, 15) is 23.6 Å². The number of anilines is 1. The highest BCUT2D eigenvalue weighted by Crippen LogP contribution is 2.32. The minimum absolute atomic E-state index is 0.0905. The van der Waals surface area contributed by atoms with E-state index in [0.29, 0.717) is 18.8 Å². The topological polar surface area (TPSA) is 113 Å². The van der Waals surface area contributed by atoms with Crippen molar-refractivity contribution in [3.8, 4) is 0 Å². The third kappa shape index (κ3) is 3.99. The lowest BCUT2D eigenvalue weighted by Crippen LogP contribution is -2.30. The molecule has 0 aromatic heterocycles. The van der Waals surface area contributed by atoms with Crippen LogP contribution in [0.1, 0.15) is 38.5 Å². The zero-order valence-corrected chi connectivity index (χ0v) is 15.5. The van der Waals surface area contributed by atoms with E-state index >= 15 is 0 Å². The Morgan fingerprint density at radius 3 is 2.50 bits per heavy atom. The van der Waals surface area contributed by atoms with Gasteiger partial charge in [0, 0.05) is 31.8 Å². The molecule has 0 amide bonds. The van der Waals surface area contributed by atoms with Gasteiger partial charge in [-0.05, 0) is 37.7 Å². The lowest BCUT2D eigenvalue weighted by molar-refractivity contribution is -0.385. The summed E-state index contributed by atoms with van der Waals surface area (Å²) in [5, 5.41) is 24.4. The van der Waals surface area contributed by atoms with Crippen LogP contribution < -0.4 is 5.32 Å². The molecular formula is C17H25N3O5S. The highest BCUT2D eigenvalue weighted by atomic mass is 32.2. The molecule has 2 fully saturated rings. The molecule has 1 heterocycles. The van der Waals surface area contributed by atoms with Crippen LogP contribution in [0.3, 0.4) is 0 Å². The number of nitrogens with one attached hydrogen (secondary N) is 1. The van der Waals surface area contributed by atoms with E-state index in [-0.39, 0.29) is 23.0 Å².